The maximum Gasteiger partial charge on any atom is 0.266 e. The largest absolute Gasteiger partial charge is 0.508 e. The highest BCUT2D eigenvalue weighted by molar-refractivity contribution is 6.23. The number of aromatic hydroxyl groups is 1. The molecule has 162 valence electrons. The Labute approximate surface area is 185 Å². The molecule has 2 aliphatic rings. The molecule has 0 aliphatic carbocycles. The molecule has 3 aromatic rings. The van der Waals surface area contributed by atoms with Crippen molar-refractivity contribution < 1.29 is 24.3 Å². The highest BCUT2D eigenvalue weighted by Crippen LogP contribution is 2.47. The Morgan fingerprint density at radius 3 is 2.22 bits per heavy atom. The molecule has 0 spiro atoms. The summed E-state index contributed by atoms with van der Waals surface area (Å²) in [5.74, 6) is -0.643. The van der Waals surface area contributed by atoms with Crippen molar-refractivity contribution in [2.75, 3.05) is 16.6 Å². The van der Waals surface area contributed by atoms with Crippen LogP contribution in [0, 0.1) is 5.92 Å². The monoisotopic (exact) mass is 430 g/mol. The summed E-state index contributed by atoms with van der Waals surface area (Å²) >= 11 is 0. The summed E-state index contributed by atoms with van der Waals surface area (Å²) in [7, 11) is 0. The van der Waals surface area contributed by atoms with Gasteiger partial charge < -0.3 is 9.84 Å². The summed E-state index contributed by atoms with van der Waals surface area (Å²) in [6.07, 6.45) is -0.937. The molecule has 32 heavy (non-hydrogen) atoms. The number of phenolic OH excluding ortho intramolecular Hbond substituents is 1. The van der Waals surface area contributed by atoms with Crippen molar-refractivity contribution >= 4 is 23.2 Å². The van der Waals surface area contributed by atoms with E-state index in [0.29, 0.717) is 18.0 Å². The Morgan fingerprint density at radius 1 is 0.875 bits per heavy atom. The van der Waals surface area contributed by atoms with Crippen LogP contribution in [0.2, 0.25) is 0 Å². The highest BCUT2D eigenvalue weighted by Gasteiger charge is 2.60. The van der Waals surface area contributed by atoms with Gasteiger partial charge in [0.2, 0.25) is 5.91 Å². The average molecular weight is 430 g/mol. The molecule has 0 radical (unpaired) electrons. The van der Waals surface area contributed by atoms with E-state index in [0.717, 1.165) is 11.3 Å². The van der Waals surface area contributed by atoms with Gasteiger partial charge in [-0.15, -0.1) is 0 Å². The van der Waals surface area contributed by atoms with Crippen molar-refractivity contribution in [3.63, 3.8) is 0 Å². The molecule has 2 amide bonds. The predicted octanol–water partition coefficient (Wildman–Crippen LogP) is 3.84. The molecule has 2 fully saturated rings. The second-order valence-electron chi connectivity index (χ2n) is 7.69. The van der Waals surface area contributed by atoms with Gasteiger partial charge in [-0.25, -0.2) is 9.96 Å². The number of fused-ring (bicyclic) bond motifs is 1. The molecule has 3 atom stereocenters. The van der Waals surface area contributed by atoms with E-state index in [4.69, 9.17) is 9.57 Å². The molecule has 0 aromatic heterocycles. The maximum absolute atomic E-state index is 13.6. The van der Waals surface area contributed by atoms with E-state index in [1.165, 1.54) is 4.90 Å². The summed E-state index contributed by atoms with van der Waals surface area (Å²) in [5, 5.41) is 11.4. The van der Waals surface area contributed by atoms with Crippen molar-refractivity contribution in [1.82, 2.24) is 0 Å². The number of anilines is 2. The number of hydroxylamine groups is 1. The molecule has 2 saturated heterocycles. The molecule has 7 nitrogen and oxygen atoms in total. The number of amides is 2. The first kappa shape index (κ1) is 20.1. The second-order valence-corrected chi connectivity index (χ2v) is 7.69. The number of hydrogen-bond donors (Lipinski definition) is 1. The molecule has 2 heterocycles. The topological polar surface area (TPSA) is 79.3 Å². The molecule has 0 unspecified atom stereocenters. The third-order valence-corrected chi connectivity index (χ3v) is 5.77. The van der Waals surface area contributed by atoms with E-state index in [1.807, 2.05) is 37.3 Å². The number of carbonyl (C=O) groups excluding carboxylic acids is 2. The van der Waals surface area contributed by atoms with Gasteiger partial charge in [0.25, 0.3) is 5.91 Å². The first-order chi connectivity index (χ1) is 15.6. The second kappa shape index (κ2) is 8.01. The first-order valence-electron chi connectivity index (χ1n) is 10.5. The Hall–Kier alpha value is -3.84. The van der Waals surface area contributed by atoms with E-state index in [-0.39, 0.29) is 11.7 Å². The van der Waals surface area contributed by atoms with Gasteiger partial charge in [-0.05, 0) is 61.0 Å². The molecule has 7 heteroatoms. The molecule has 0 saturated carbocycles. The van der Waals surface area contributed by atoms with Crippen LogP contribution in [0.25, 0.3) is 0 Å². The van der Waals surface area contributed by atoms with Crippen LogP contribution in [0.1, 0.15) is 18.5 Å². The summed E-state index contributed by atoms with van der Waals surface area (Å²) in [4.78, 5) is 34.1. The predicted molar refractivity (Wildman–Crippen MR) is 118 cm³/mol. The minimum atomic E-state index is -0.937. The number of imide groups is 1. The van der Waals surface area contributed by atoms with Gasteiger partial charge in [-0.2, -0.15) is 0 Å². The Kier molecular flexibility index (Phi) is 5.03. The summed E-state index contributed by atoms with van der Waals surface area (Å²) in [5.41, 5.74) is 2.00. The lowest BCUT2D eigenvalue weighted by molar-refractivity contribution is -0.126. The lowest BCUT2D eigenvalue weighted by Gasteiger charge is -2.28. The number of carbonyl (C=O) groups is 2. The fraction of sp³-hybridized carbons (Fsp3) is 0.200. The van der Waals surface area contributed by atoms with Crippen LogP contribution < -0.4 is 14.7 Å². The molecule has 2 aliphatic heterocycles. The van der Waals surface area contributed by atoms with Crippen molar-refractivity contribution in [1.29, 1.82) is 0 Å². The fourth-order valence-corrected chi connectivity index (χ4v) is 4.34. The smallest absolute Gasteiger partial charge is 0.266 e. The lowest BCUT2D eigenvalue weighted by Crippen LogP contribution is -2.37. The quantitative estimate of drug-likeness (QED) is 0.620. The first-order valence-corrected chi connectivity index (χ1v) is 10.5. The molecule has 1 N–H and O–H groups in total. The molecular weight excluding hydrogens is 408 g/mol. The summed E-state index contributed by atoms with van der Waals surface area (Å²) in [6.45, 7) is 2.42. The number of rotatable bonds is 5. The van der Waals surface area contributed by atoms with E-state index in [9.17, 15) is 14.7 Å². The number of para-hydroxylation sites is 1. The van der Waals surface area contributed by atoms with E-state index in [1.54, 1.807) is 53.6 Å². The standard InChI is InChI=1S/C25H22N2O5/c1-2-31-20-14-10-17(11-15-20)26-24(29)21-22(16-8-12-19(28)13-9-16)27(32-23(21)25(26)30)18-6-4-3-5-7-18/h3-15,21-23,28H,2H2,1H3/t21-,22+,23+/m0/s1. The molecule has 5 rings (SSSR count). The molecule has 3 aromatic carbocycles. The number of phenols is 1. The van der Waals surface area contributed by atoms with Crippen LogP contribution in [0.15, 0.2) is 78.9 Å². The number of hydrogen-bond acceptors (Lipinski definition) is 6. The van der Waals surface area contributed by atoms with E-state index < -0.39 is 24.0 Å². The van der Waals surface area contributed by atoms with Gasteiger partial charge in [0.1, 0.15) is 17.4 Å². The zero-order chi connectivity index (χ0) is 22.2. The van der Waals surface area contributed by atoms with Crippen molar-refractivity contribution in [3.8, 4) is 11.5 Å². The van der Waals surface area contributed by atoms with Crippen molar-refractivity contribution in [2.45, 2.75) is 19.1 Å². The number of benzene rings is 3. The highest BCUT2D eigenvalue weighted by atomic mass is 16.7. The van der Waals surface area contributed by atoms with Crippen LogP contribution in [-0.2, 0) is 14.4 Å². The summed E-state index contributed by atoms with van der Waals surface area (Å²) in [6, 6.07) is 22.4. The van der Waals surface area contributed by atoms with Gasteiger partial charge in [0.05, 0.1) is 24.0 Å². The minimum absolute atomic E-state index is 0.125. The average Bonchev–Trinajstić information content (AvgIpc) is 3.32. The third-order valence-electron chi connectivity index (χ3n) is 5.77. The third kappa shape index (κ3) is 3.27. The van der Waals surface area contributed by atoms with Gasteiger partial charge in [-0.1, -0.05) is 30.3 Å². The lowest BCUT2D eigenvalue weighted by atomic mass is 9.90. The normalized spacial score (nSPS) is 22.3. The van der Waals surface area contributed by atoms with Crippen molar-refractivity contribution in [3.05, 3.63) is 84.4 Å². The zero-order valence-corrected chi connectivity index (χ0v) is 17.4. The Balaban J connectivity index is 1.53. The number of ether oxygens (including phenoxy) is 1. The van der Waals surface area contributed by atoms with E-state index >= 15 is 0 Å². The Bertz CT molecular complexity index is 1130. The molecule has 0 bridgehead atoms. The van der Waals surface area contributed by atoms with Crippen LogP contribution in [0.5, 0.6) is 11.5 Å². The van der Waals surface area contributed by atoms with Crippen LogP contribution in [-0.4, -0.2) is 29.6 Å². The van der Waals surface area contributed by atoms with Crippen LogP contribution in [0.4, 0.5) is 11.4 Å². The van der Waals surface area contributed by atoms with Gasteiger partial charge >= 0.3 is 0 Å². The summed E-state index contributed by atoms with van der Waals surface area (Å²) < 4.78 is 5.46. The zero-order valence-electron chi connectivity index (χ0n) is 17.4. The fourth-order valence-electron chi connectivity index (χ4n) is 4.34. The molecular formula is C25H22N2O5. The number of nitrogens with zero attached hydrogens (tertiary/aromatic N) is 2. The van der Waals surface area contributed by atoms with Crippen LogP contribution in [0.3, 0.4) is 0 Å². The van der Waals surface area contributed by atoms with Crippen LogP contribution >= 0.6 is 0 Å². The van der Waals surface area contributed by atoms with Gasteiger partial charge in [-0.3, -0.25) is 14.4 Å². The van der Waals surface area contributed by atoms with Gasteiger partial charge in [0, 0.05) is 0 Å². The van der Waals surface area contributed by atoms with Crippen molar-refractivity contribution in [2.24, 2.45) is 5.92 Å². The minimum Gasteiger partial charge on any atom is -0.508 e. The van der Waals surface area contributed by atoms with E-state index in [2.05, 4.69) is 0 Å². The Morgan fingerprint density at radius 2 is 1.56 bits per heavy atom. The maximum atomic E-state index is 13.6. The van der Waals surface area contributed by atoms with Gasteiger partial charge in [0.15, 0.2) is 6.10 Å². The SMILES string of the molecule is CCOc1ccc(N2C(=O)[C@H]3[C@@H](c4ccc(O)cc4)N(c4ccccc4)O[C@H]3C2=O)cc1.